The van der Waals surface area contributed by atoms with Crippen molar-refractivity contribution >= 4 is 34.2 Å². The average Bonchev–Trinajstić information content (AvgIpc) is 2.61. The van der Waals surface area contributed by atoms with Gasteiger partial charge < -0.3 is 9.84 Å². The summed E-state index contributed by atoms with van der Waals surface area (Å²) < 4.78 is 5.01. The number of nitrogens with one attached hydrogen (secondary N) is 2. The molecule has 3 N–H and O–H groups in total. The number of nitrogens with zero attached hydrogens (tertiary/aromatic N) is 1. The van der Waals surface area contributed by atoms with Gasteiger partial charge in [0.15, 0.2) is 10.8 Å². The predicted molar refractivity (Wildman–Crippen MR) is 66.4 cm³/mol. The molecule has 0 saturated heterocycles. The molecule has 0 unspecified atom stereocenters. The fraction of sp³-hybridized carbons (Fsp3) is 0.400. The second-order valence-electron chi connectivity index (χ2n) is 4.34. The Kier molecular flexibility index (Phi) is 4.02. The van der Waals surface area contributed by atoms with E-state index in [-0.39, 0.29) is 10.8 Å². The van der Waals surface area contributed by atoms with Crippen molar-refractivity contribution in [2.45, 2.75) is 26.4 Å². The van der Waals surface area contributed by atoms with Gasteiger partial charge >= 0.3 is 12.1 Å². The number of ether oxygens (including phenoxy) is 1. The summed E-state index contributed by atoms with van der Waals surface area (Å²) in [6.45, 7) is 5.17. The van der Waals surface area contributed by atoms with Crippen molar-refractivity contribution in [2.24, 2.45) is 0 Å². The molecule has 7 nitrogen and oxygen atoms in total. The van der Waals surface area contributed by atoms with Crippen LogP contribution in [0.15, 0.2) is 5.38 Å². The SMILES string of the molecule is CC(C)(C)OC(=O)Nc1nc(C(=N)C(=O)O)cs1. The number of hydrogen-bond donors (Lipinski definition) is 3. The van der Waals surface area contributed by atoms with Crippen molar-refractivity contribution in [1.82, 2.24) is 4.98 Å². The molecular weight excluding hydrogens is 258 g/mol. The molecule has 18 heavy (non-hydrogen) atoms. The van der Waals surface area contributed by atoms with Gasteiger partial charge in [0.2, 0.25) is 0 Å². The van der Waals surface area contributed by atoms with Crippen LogP contribution in [-0.4, -0.2) is 33.5 Å². The third-order valence-electron chi connectivity index (χ3n) is 1.58. The van der Waals surface area contributed by atoms with Gasteiger partial charge in [-0.1, -0.05) is 0 Å². The standard InChI is InChI=1S/C10H13N3O4S/c1-10(2,3)17-9(16)13-8-12-5(4-18-8)6(11)7(14)15/h4,11H,1-3H3,(H,14,15)(H,12,13,16). The normalized spacial score (nSPS) is 10.8. The maximum atomic E-state index is 11.4. The molecule has 0 spiro atoms. The predicted octanol–water partition coefficient (Wildman–Crippen LogP) is 1.94. The number of hydrogen-bond acceptors (Lipinski definition) is 6. The highest BCUT2D eigenvalue weighted by Gasteiger charge is 2.18. The van der Waals surface area contributed by atoms with Crippen molar-refractivity contribution in [3.8, 4) is 0 Å². The Bertz CT molecular complexity index is 490. The molecule has 1 amide bonds. The molecule has 1 rings (SSSR count). The van der Waals surface area contributed by atoms with E-state index in [0.717, 1.165) is 11.3 Å². The van der Waals surface area contributed by atoms with E-state index >= 15 is 0 Å². The van der Waals surface area contributed by atoms with Crippen molar-refractivity contribution in [2.75, 3.05) is 5.32 Å². The topological polar surface area (TPSA) is 112 Å². The maximum absolute atomic E-state index is 11.4. The van der Waals surface area contributed by atoms with Crippen LogP contribution in [0.4, 0.5) is 9.93 Å². The summed E-state index contributed by atoms with van der Waals surface area (Å²) in [5, 5.41) is 19.8. The van der Waals surface area contributed by atoms with Crippen molar-refractivity contribution < 1.29 is 19.4 Å². The Morgan fingerprint density at radius 2 is 2.11 bits per heavy atom. The van der Waals surface area contributed by atoms with E-state index in [1.807, 2.05) is 0 Å². The van der Waals surface area contributed by atoms with Gasteiger partial charge in [-0.2, -0.15) is 0 Å². The molecular formula is C10H13N3O4S. The molecule has 0 aliphatic carbocycles. The van der Waals surface area contributed by atoms with E-state index in [4.69, 9.17) is 15.3 Å². The first kappa shape index (κ1) is 14.1. The fourth-order valence-electron chi connectivity index (χ4n) is 0.946. The summed E-state index contributed by atoms with van der Waals surface area (Å²) in [5.41, 5.74) is -1.25. The van der Waals surface area contributed by atoms with Crippen molar-refractivity contribution in [3.63, 3.8) is 0 Å². The van der Waals surface area contributed by atoms with Crippen LogP contribution in [0.5, 0.6) is 0 Å². The van der Waals surface area contributed by atoms with Gasteiger partial charge in [-0.3, -0.25) is 10.7 Å². The average molecular weight is 271 g/mol. The Labute approximate surface area is 107 Å². The molecule has 8 heteroatoms. The highest BCUT2D eigenvalue weighted by atomic mass is 32.1. The van der Waals surface area contributed by atoms with Crippen LogP contribution < -0.4 is 5.32 Å². The molecule has 0 aliphatic rings. The molecule has 0 radical (unpaired) electrons. The quantitative estimate of drug-likeness (QED) is 0.727. The summed E-state index contributed by atoms with van der Waals surface area (Å²) in [4.78, 5) is 25.8. The molecule has 0 aliphatic heterocycles. The Balaban J connectivity index is 2.68. The number of aromatic nitrogens is 1. The molecule has 0 saturated carbocycles. The van der Waals surface area contributed by atoms with Gasteiger partial charge in [0, 0.05) is 5.38 Å². The number of amides is 1. The van der Waals surface area contributed by atoms with Gasteiger partial charge in [-0.15, -0.1) is 11.3 Å². The van der Waals surface area contributed by atoms with E-state index < -0.39 is 23.4 Å². The first-order valence-electron chi connectivity index (χ1n) is 4.97. The lowest BCUT2D eigenvalue weighted by Crippen LogP contribution is -2.27. The lowest BCUT2D eigenvalue weighted by molar-refractivity contribution is -0.129. The van der Waals surface area contributed by atoms with Crippen LogP contribution in [0.25, 0.3) is 0 Å². The van der Waals surface area contributed by atoms with Crippen molar-refractivity contribution in [1.29, 1.82) is 5.41 Å². The monoisotopic (exact) mass is 271 g/mol. The van der Waals surface area contributed by atoms with E-state index in [1.54, 1.807) is 20.8 Å². The van der Waals surface area contributed by atoms with Gasteiger partial charge in [0.05, 0.1) is 0 Å². The number of anilines is 1. The Morgan fingerprint density at radius 3 is 2.61 bits per heavy atom. The minimum absolute atomic E-state index is 0.00133. The summed E-state index contributed by atoms with van der Waals surface area (Å²) in [6, 6.07) is 0. The first-order valence-corrected chi connectivity index (χ1v) is 5.85. The lowest BCUT2D eigenvalue weighted by atomic mass is 10.2. The van der Waals surface area contributed by atoms with E-state index in [1.165, 1.54) is 5.38 Å². The molecule has 0 aromatic carbocycles. The lowest BCUT2D eigenvalue weighted by Gasteiger charge is -2.18. The Morgan fingerprint density at radius 1 is 1.50 bits per heavy atom. The van der Waals surface area contributed by atoms with Crippen LogP contribution in [0.2, 0.25) is 0 Å². The zero-order valence-corrected chi connectivity index (χ0v) is 10.9. The minimum atomic E-state index is -1.37. The highest BCUT2D eigenvalue weighted by Crippen LogP contribution is 2.17. The van der Waals surface area contributed by atoms with E-state index in [0.29, 0.717) is 0 Å². The molecule has 98 valence electrons. The number of rotatable bonds is 3. The smallest absolute Gasteiger partial charge is 0.413 e. The zero-order valence-electron chi connectivity index (χ0n) is 10.1. The number of carboxylic acid groups (broad SMARTS) is 1. The number of thiazole rings is 1. The first-order chi connectivity index (χ1) is 8.19. The van der Waals surface area contributed by atoms with Crippen LogP contribution in [0.1, 0.15) is 26.5 Å². The third-order valence-corrected chi connectivity index (χ3v) is 2.34. The highest BCUT2D eigenvalue weighted by molar-refractivity contribution is 7.14. The minimum Gasteiger partial charge on any atom is -0.476 e. The molecule has 1 aromatic rings. The van der Waals surface area contributed by atoms with Crippen LogP contribution in [-0.2, 0) is 9.53 Å². The second-order valence-corrected chi connectivity index (χ2v) is 5.20. The third kappa shape index (κ3) is 4.13. The zero-order chi connectivity index (χ0) is 13.9. The maximum Gasteiger partial charge on any atom is 0.413 e. The number of aliphatic carboxylic acids is 1. The van der Waals surface area contributed by atoms with E-state index in [2.05, 4.69) is 10.3 Å². The molecule has 1 aromatic heterocycles. The van der Waals surface area contributed by atoms with Gasteiger partial charge in [-0.25, -0.2) is 14.6 Å². The van der Waals surface area contributed by atoms with Crippen LogP contribution >= 0.6 is 11.3 Å². The summed E-state index contributed by atoms with van der Waals surface area (Å²) in [7, 11) is 0. The number of carbonyl (C=O) groups excluding carboxylic acids is 1. The summed E-state index contributed by atoms with van der Waals surface area (Å²) in [6.07, 6.45) is -0.676. The van der Waals surface area contributed by atoms with Gasteiger partial charge in [0.1, 0.15) is 11.3 Å². The van der Waals surface area contributed by atoms with Gasteiger partial charge in [0.25, 0.3) is 0 Å². The summed E-state index contributed by atoms with van der Waals surface area (Å²) in [5.74, 6) is -1.37. The molecule has 0 bridgehead atoms. The molecule has 0 fully saturated rings. The van der Waals surface area contributed by atoms with E-state index in [9.17, 15) is 9.59 Å². The second kappa shape index (κ2) is 5.13. The number of carbonyl (C=O) groups is 2. The summed E-state index contributed by atoms with van der Waals surface area (Å²) >= 11 is 1.02. The van der Waals surface area contributed by atoms with Crippen LogP contribution in [0, 0.1) is 5.41 Å². The molecule has 1 heterocycles. The van der Waals surface area contributed by atoms with Gasteiger partial charge in [-0.05, 0) is 20.8 Å². The van der Waals surface area contributed by atoms with Crippen molar-refractivity contribution in [3.05, 3.63) is 11.1 Å². The molecule has 0 atom stereocenters. The van der Waals surface area contributed by atoms with Crippen LogP contribution in [0.3, 0.4) is 0 Å². The fourth-order valence-corrected chi connectivity index (χ4v) is 1.63. The number of carboxylic acids is 1. The Hall–Kier alpha value is -1.96. The largest absolute Gasteiger partial charge is 0.476 e.